The van der Waals surface area contributed by atoms with Crippen molar-refractivity contribution in [2.75, 3.05) is 0 Å². The molecule has 94 valence electrons. The van der Waals surface area contributed by atoms with Gasteiger partial charge >= 0.3 is 5.97 Å². The second-order valence-corrected chi connectivity index (χ2v) is 3.87. The van der Waals surface area contributed by atoms with Gasteiger partial charge in [0.05, 0.1) is 5.56 Å². The number of nitrogens with one attached hydrogen (secondary N) is 1. The maximum Gasteiger partial charge on any atom is 0.337 e. The summed E-state index contributed by atoms with van der Waals surface area (Å²) in [7, 11) is 0. The molecule has 0 unspecified atom stereocenters. The third kappa shape index (κ3) is 2.50. The summed E-state index contributed by atoms with van der Waals surface area (Å²) in [6, 6.07) is 1.71. The smallest absolute Gasteiger partial charge is 0.337 e. The van der Waals surface area contributed by atoms with Gasteiger partial charge in [0.15, 0.2) is 0 Å². The van der Waals surface area contributed by atoms with Crippen LogP contribution in [0.1, 0.15) is 35.7 Å². The van der Waals surface area contributed by atoms with Gasteiger partial charge in [-0.25, -0.2) is 4.79 Å². The van der Waals surface area contributed by atoms with Crippen molar-refractivity contribution in [2.24, 2.45) is 0 Å². The number of hydrogen-bond acceptors (Lipinski definition) is 5. The van der Waals surface area contributed by atoms with Crippen LogP contribution < -0.4 is 0 Å². The van der Waals surface area contributed by atoms with E-state index in [0.29, 0.717) is 17.9 Å². The second kappa shape index (κ2) is 5.35. The molecular weight excluding hydrogens is 234 g/mol. The van der Waals surface area contributed by atoms with Crippen molar-refractivity contribution in [3.05, 3.63) is 23.4 Å². The average molecular weight is 247 g/mol. The number of pyridine rings is 1. The van der Waals surface area contributed by atoms with Crippen LogP contribution in [0.2, 0.25) is 0 Å². The fourth-order valence-electron chi connectivity index (χ4n) is 1.66. The van der Waals surface area contributed by atoms with Crippen molar-refractivity contribution in [1.82, 2.24) is 25.6 Å². The number of carboxylic acid groups (broad SMARTS) is 1. The Morgan fingerprint density at radius 1 is 1.50 bits per heavy atom. The van der Waals surface area contributed by atoms with Gasteiger partial charge in [0, 0.05) is 6.20 Å². The van der Waals surface area contributed by atoms with Gasteiger partial charge in [-0.15, -0.1) is 10.2 Å². The Balaban J connectivity index is 2.38. The van der Waals surface area contributed by atoms with E-state index in [2.05, 4.69) is 32.5 Å². The van der Waals surface area contributed by atoms with Crippen molar-refractivity contribution < 1.29 is 9.90 Å². The van der Waals surface area contributed by atoms with E-state index in [1.807, 2.05) is 0 Å². The largest absolute Gasteiger partial charge is 0.478 e. The molecule has 2 aromatic rings. The predicted molar refractivity (Wildman–Crippen MR) is 63.0 cm³/mol. The first kappa shape index (κ1) is 12.2. The number of aromatic nitrogens is 5. The molecule has 2 rings (SSSR count). The van der Waals surface area contributed by atoms with Gasteiger partial charge in [-0.05, 0) is 29.7 Å². The highest BCUT2D eigenvalue weighted by atomic mass is 16.4. The summed E-state index contributed by atoms with van der Waals surface area (Å²) >= 11 is 0. The minimum absolute atomic E-state index is 0.232. The van der Waals surface area contributed by atoms with E-state index in [1.54, 1.807) is 6.07 Å². The van der Waals surface area contributed by atoms with Crippen LogP contribution in [-0.2, 0) is 6.42 Å². The van der Waals surface area contributed by atoms with Gasteiger partial charge in [-0.2, -0.15) is 5.21 Å². The first-order valence-electron chi connectivity index (χ1n) is 5.68. The van der Waals surface area contributed by atoms with Gasteiger partial charge in [-0.3, -0.25) is 4.98 Å². The van der Waals surface area contributed by atoms with Crippen molar-refractivity contribution in [2.45, 2.75) is 26.2 Å². The highest BCUT2D eigenvalue weighted by Crippen LogP contribution is 2.18. The molecule has 0 radical (unpaired) electrons. The molecule has 0 aromatic carbocycles. The summed E-state index contributed by atoms with van der Waals surface area (Å²) in [6.07, 6.45) is 3.97. The number of H-pyrrole nitrogens is 1. The van der Waals surface area contributed by atoms with Crippen LogP contribution in [0.4, 0.5) is 0 Å². The predicted octanol–water partition coefficient (Wildman–Crippen LogP) is 1.30. The van der Waals surface area contributed by atoms with E-state index in [9.17, 15) is 4.79 Å². The van der Waals surface area contributed by atoms with Crippen LogP contribution in [0.25, 0.3) is 11.5 Å². The molecule has 0 amide bonds. The molecule has 18 heavy (non-hydrogen) atoms. The Labute approximate surface area is 103 Å². The van der Waals surface area contributed by atoms with Crippen molar-refractivity contribution in [1.29, 1.82) is 0 Å². The number of nitrogens with zero attached hydrogens (tertiary/aromatic N) is 4. The summed E-state index contributed by atoms with van der Waals surface area (Å²) in [5, 5.41) is 22.5. The number of aromatic amines is 1. The number of rotatable bonds is 5. The van der Waals surface area contributed by atoms with E-state index in [4.69, 9.17) is 5.11 Å². The zero-order valence-corrected chi connectivity index (χ0v) is 9.92. The molecule has 0 fully saturated rings. The van der Waals surface area contributed by atoms with E-state index in [1.165, 1.54) is 6.20 Å². The third-order valence-corrected chi connectivity index (χ3v) is 2.59. The molecule has 0 aliphatic rings. The molecule has 2 N–H and O–H groups in total. The van der Waals surface area contributed by atoms with Gasteiger partial charge in [0.2, 0.25) is 5.82 Å². The lowest BCUT2D eigenvalue weighted by Crippen LogP contribution is -2.04. The van der Waals surface area contributed by atoms with Crippen molar-refractivity contribution in [3.8, 4) is 11.5 Å². The molecule has 0 aliphatic carbocycles. The Morgan fingerprint density at radius 2 is 2.33 bits per heavy atom. The van der Waals surface area contributed by atoms with Crippen LogP contribution in [-0.4, -0.2) is 36.7 Å². The minimum atomic E-state index is -0.965. The molecule has 7 heteroatoms. The maximum absolute atomic E-state index is 11.1. The summed E-state index contributed by atoms with van der Waals surface area (Å²) in [5.41, 5.74) is 1.51. The van der Waals surface area contributed by atoms with Crippen molar-refractivity contribution >= 4 is 5.97 Å². The number of aromatic carboxylic acids is 1. The molecule has 2 aromatic heterocycles. The van der Waals surface area contributed by atoms with Crippen LogP contribution in [0.15, 0.2) is 12.3 Å². The molecule has 2 heterocycles. The first-order valence-corrected chi connectivity index (χ1v) is 5.68. The average Bonchev–Trinajstić information content (AvgIpc) is 2.89. The number of tetrazole rings is 1. The standard InChI is InChI=1S/C11H13N5O2/c1-2-3-4-7-5-9(10-13-15-16-14-10)12-6-8(7)11(17)18/h5-6H,2-4H2,1H3,(H,17,18)(H,13,14,15,16). The van der Waals surface area contributed by atoms with Crippen LogP contribution in [0.3, 0.4) is 0 Å². The molecular formula is C11H13N5O2. The van der Waals surface area contributed by atoms with E-state index >= 15 is 0 Å². The number of aryl methyl sites for hydroxylation is 1. The zero-order valence-electron chi connectivity index (χ0n) is 9.92. The topological polar surface area (TPSA) is 105 Å². The van der Waals surface area contributed by atoms with Crippen LogP contribution in [0, 0.1) is 0 Å². The summed E-state index contributed by atoms with van der Waals surface area (Å²) in [6.45, 7) is 2.06. The number of carbonyl (C=O) groups is 1. The quantitative estimate of drug-likeness (QED) is 0.825. The zero-order chi connectivity index (χ0) is 13.0. The van der Waals surface area contributed by atoms with E-state index in [0.717, 1.165) is 18.4 Å². The molecule has 0 saturated heterocycles. The monoisotopic (exact) mass is 247 g/mol. The van der Waals surface area contributed by atoms with Gasteiger partial charge in [0.25, 0.3) is 0 Å². The highest BCUT2D eigenvalue weighted by molar-refractivity contribution is 5.89. The fraction of sp³-hybridized carbons (Fsp3) is 0.364. The van der Waals surface area contributed by atoms with Crippen LogP contribution in [0.5, 0.6) is 0 Å². The maximum atomic E-state index is 11.1. The molecule has 7 nitrogen and oxygen atoms in total. The normalized spacial score (nSPS) is 10.5. The number of carboxylic acids is 1. The molecule has 0 spiro atoms. The Hall–Kier alpha value is -2.31. The lowest BCUT2D eigenvalue weighted by atomic mass is 10.0. The lowest BCUT2D eigenvalue weighted by Gasteiger charge is -2.06. The lowest BCUT2D eigenvalue weighted by molar-refractivity contribution is 0.0695. The SMILES string of the molecule is CCCCc1cc(-c2nn[nH]n2)ncc1C(=O)O. The third-order valence-electron chi connectivity index (χ3n) is 2.59. The molecule has 0 atom stereocenters. The second-order valence-electron chi connectivity index (χ2n) is 3.87. The van der Waals surface area contributed by atoms with E-state index < -0.39 is 5.97 Å². The highest BCUT2D eigenvalue weighted by Gasteiger charge is 2.13. The summed E-state index contributed by atoms with van der Waals surface area (Å²) in [5.74, 6) is -0.599. The van der Waals surface area contributed by atoms with Crippen molar-refractivity contribution in [3.63, 3.8) is 0 Å². The van der Waals surface area contributed by atoms with Gasteiger partial charge in [-0.1, -0.05) is 13.3 Å². The number of hydrogen-bond donors (Lipinski definition) is 2. The molecule has 0 bridgehead atoms. The van der Waals surface area contributed by atoms with Gasteiger partial charge < -0.3 is 5.11 Å². The Kier molecular flexibility index (Phi) is 3.61. The van der Waals surface area contributed by atoms with E-state index in [-0.39, 0.29) is 5.56 Å². The molecule has 0 aliphatic heterocycles. The Morgan fingerprint density at radius 3 is 2.94 bits per heavy atom. The first-order chi connectivity index (χ1) is 8.72. The molecule has 0 saturated carbocycles. The van der Waals surface area contributed by atoms with Gasteiger partial charge in [0.1, 0.15) is 5.69 Å². The number of unbranched alkanes of at least 4 members (excludes halogenated alkanes) is 1. The fourth-order valence-corrected chi connectivity index (χ4v) is 1.66. The van der Waals surface area contributed by atoms with Crippen LogP contribution >= 0.6 is 0 Å². The summed E-state index contributed by atoms with van der Waals surface area (Å²) < 4.78 is 0. The summed E-state index contributed by atoms with van der Waals surface area (Å²) in [4.78, 5) is 15.1. The Bertz CT molecular complexity index is 538. The minimum Gasteiger partial charge on any atom is -0.478 e.